The van der Waals surface area contributed by atoms with Crippen LogP contribution in [0.1, 0.15) is 216 Å². The Hall–Kier alpha value is -6.03. The van der Waals surface area contributed by atoms with Crippen molar-refractivity contribution in [1.82, 2.24) is 54.7 Å². The molecule has 0 radical (unpaired) electrons. The number of hydrogen-bond acceptors (Lipinski definition) is 13. The van der Waals surface area contributed by atoms with Crippen LogP contribution in [0.4, 0.5) is 0 Å². The number of nitrogens with zero attached hydrogens (tertiary/aromatic N) is 11. The summed E-state index contributed by atoms with van der Waals surface area (Å²) in [5, 5.41) is 26.4. The maximum Gasteiger partial charge on any atom is 0.218 e. The van der Waals surface area contributed by atoms with Gasteiger partial charge in [-0.2, -0.15) is 16.4 Å². The minimum Gasteiger partial charge on any atom is -0.428 e. The van der Waals surface area contributed by atoms with Crippen molar-refractivity contribution < 1.29 is 4.42 Å². The predicted octanol–water partition coefficient (Wildman–Crippen LogP) is 18.1. The van der Waals surface area contributed by atoms with E-state index in [0.717, 1.165) is 10.7 Å². The molecule has 9 aromatic rings. The first kappa shape index (κ1) is 67.0. The van der Waals surface area contributed by atoms with E-state index in [1.807, 2.05) is 116 Å². The largest absolute Gasteiger partial charge is 0.428 e. The first-order chi connectivity index (χ1) is 35.7. The summed E-state index contributed by atoms with van der Waals surface area (Å²) in [6, 6.07) is 23.6. The summed E-state index contributed by atoms with van der Waals surface area (Å²) in [6.45, 7) is 38.5. The number of aromatic nitrogens is 11. The van der Waals surface area contributed by atoms with E-state index in [1.54, 1.807) is 46.8 Å². The molecule has 0 amide bonds. The standard InChI is InChI=1S/3C8H11N.2C7H10S.2C6H10N2.C5H8N2O.C5H8N2S/c1-7(2)8-3-5-9-6-4-8;1-7(2)8-4-3-5-9-6-8;1-7(2)8-5-3-4-6-9-8;1-6(2)7-3-4-8-5-7;1-6(2)7-4-3-5-8-7;1-6(2)8-4-3-7-5-8;1-6(2)8-5-3-4-7-8;2*1-4(2)5-7-6-3-8-5/h3*3-7H,1-2H3;4*3-6H,1-2H3;2*3-4H,1-2H3. The maximum absolute atomic E-state index is 4.87. The molecule has 0 aliphatic rings. The van der Waals surface area contributed by atoms with Gasteiger partial charge in [0.15, 0.2) is 0 Å². The van der Waals surface area contributed by atoms with E-state index in [2.05, 4.69) is 201 Å². The smallest absolute Gasteiger partial charge is 0.218 e. The minimum absolute atomic E-state index is 0.345. The second-order valence-corrected chi connectivity index (χ2v) is 22.3. The van der Waals surface area contributed by atoms with Crippen molar-refractivity contribution in [3.63, 3.8) is 0 Å². The summed E-state index contributed by atoms with van der Waals surface area (Å²) in [5.41, 5.74) is 7.03. The number of imidazole rings is 1. The Kier molecular flexibility index (Phi) is 36.0. The van der Waals surface area contributed by atoms with E-state index in [1.165, 1.54) is 28.0 Å². The Balaban J connectivity index is 0.000000422. The van der Waals surface area contributed by atoms with Gasteiger partial charge in [-0.05, 0) is 139 Å². The van der Waals surface area contributed by atoms with E-state index in [-0.39, 0.29) is 0 Å². The molecule has 0 fully saturated rings. The van der Waals surface area contributed by atoms with Crippen LogP contribution in [0.2, 0.25) is 0 Å². The summed E-state index contributed by atoms with van der Waals surface area (Å²) in [5.74, 6) is 4.74. The number of pyridine rings is 3. The SMILES string of the molecule is CC(C)c1ccccn1.CC(C)c1cccnc1.CC(C)c1cccs1.CC(C)c1ccncc1.CC(C)c1ccsc1.CC(C)c1nnco1.CC(C)c1nncs1.CC(C)n1cccn1.CC(C)n1ccnc1. The summed E-state index contributed by atoms with van der Waals surface area (Å²) in [4.78, 5) is 17.5. The van der Waals surface area contributed by atoms with Gasteiger partial charge in [0, 0.05) is 90.3 Å². The molecule has 0 aliphatic carbocycles. The quantitative estimate of drug-likeness (QED) is 0.137. The molecule has 15 heteroatoms. The van der Waals surface area contributed by atoms with Gasteiger partial charge in [0.25, 0.3) is 0 Å². The lowest BCUT2D eigenvalue weighted by atomic mass is 10.1. The summed E-state index contributed by atoms with van der Waals surface area (Å²) >= 11 is 5.21. The molecule has 0 spiro atoms. The highest BCUT2D eigenvalue weighted by Crippen LogP contribution is 2.19. The fourth-order valence-corrected chi connectivity index (χ4v) is 7.57. The molecule has 0 aromatic carbocycles. The topological polar surface area (TPSA) is 139 Å². The van der Waals surface area contributed by atoms with E-state index in [4.69, 9.17) is 4.42 Å². The maximum atomic E-state index is 4.87. The Morgan fingerprint density at radius 3 is 1.47 bits per heavy atom. The zero-order valence-corrected chi connectivity index (χ0v) is 50.7. The van der Waals surface area contributed by atoms with Crippen LogP contribution in [0.15, 0.2) is 161 Å². The highest BCUT2D eigenvalue weighted by molar-refractivity contribution is 7.10. The second-order valence-electron chi connectivity index (χ2n) is 19.7. The van der Waals surface area contributed by atoms with Gasteiger partial charge in [-0.15, -0.1) is 43.1 Å². The Labute approximate surface area is 463 Å². The molecule has 75 heavy (non-hydrogen) atoms. The van der Waals surface area contributed by atoms with Gasteiger partial charge in [0.05, 0.1) is 6.33 Å². The number of rotatable bonds is 9. The monoisotopic (exact) mass is 1080 g/mol. The van der Waals surface area contributed by atoms with E-state index in [0.29, 0.717) is 59.4 Å². The molecular weight excluding hydrogens is 987 g/mol. The third-order valence-corrected chi connectivity index (χ3v) is 13.1. The van der Waals surface area contributed by atoms with Crippen LogP contribution in [0.25, 0.3) is 0 Å². The fourth-order valence-electron chi connectivity index (χ4n) is 5.43. The first-order valence-electron chi connectivity index (χ1n) is 26.0. The molecule has 9 rings (SSSR count). The minimum atomic E-state index is 0.345. The predicted molar refractivity (Wildman–Crippen MR) is 319 cm³/mol. The Bertz CT molecular complexity index is 2110. The lowest BCUT2D eigenvalue weighted by molar-refractivity contribution is 0.470. The van der Waals surface area contributed by atoms with Crippen LogP contribution in [0.5, 0.6) is 0 Å². The van der Waals surface area contributed by atoms with Crippen molar-refractivity contribution in [2.24, 2.45) is 0 Å². The van der Waals surface area contributed by atoms with Crippen LogP contribution in [-0.4, -0.2) is 54.7 Å². The molecule has 9 heterocycles. The number of thiophene rings is 2. The summed E-state index contributed by atoms with van der Waals surface area (Å²) in [6.07, 6.45) is 19.9. The lowest BCUT2D eigenvalue weighted by Gasteiger charge is -2.02. The highest BCUT2D eigenvalue weighted by Gasteiger charge is 2.03. The zero-order valence-electron chi connectivity index (χ0n) is 48.3. The molecule has 9 aromatic heterocycles. The lowest BCUT2D eigenvalue weighted by Crippen LogP contribution is -1.99. The van der Waals surface area contributed by atoms with Gasteiger partial charge < -0.3 is 8.98 Å². The molecule has 0 atom stereocenters. The first-order valence-corrected chi connectivity index (χ1v) is 28.7. The van der Waals surface area contributed by atoms with Crippen LogP contribution in [0, 0.1) is 0 Å². The van der Waals surface area contributed by atoms with Crippen LogP contribution in [0.3, 0.4) is 0 Å². The average Bonchev–Trinajstić information content (AvgIpc) is 4.26. The van der Waals surface area contributed by atoms with Gasteiger partial charge in [-0.25, -0.2) is 4.98 Å². The molecular formula is C60H89N11OS3. The van der Waals surface area contributed by atoms with Crippen molar-refractivity contribution in [2.75, 3.05) is 0 Å². The molecule has 0 aliphatic heterocycles. The third-order valence-electron chi connectivity index (χ3n) is 10.2. The molecule has 0 bridgehead atoms. The fraction of sp³-hybridized carbons (Fsp3) is 0.450. The molecule has 0 saturated heterocycles. The van der Waals surface area contributed by atoms with Crippen LogP contribution < -0.4 is 0 Å². The molecule has 0 saturated carbocycles. The van der Waals surface area contributed by atoms with Gasteiger partial charge >= 0.3 is 0 Å². The average molecular weight is 1080 g/mol. The van der Waals surface area contributed by atoms with Gasteiger partial charge in [-0.1, -0.05) is 115 Å². The summed E-state index contributed by atoms with van der Waals surface area (Å²) < 4.78 is 8.84. The normalized spacial score (nSPS) is 10.3. The van der Waals surface area contributed by atoms with Crippen molar-refractivity contribution in [3.05, 3.63) is 195 Å². The Morgan fingerprint density at radius 2 is 1.19 bits per heavy atom. The van der Waals surface area contributed by atoms with Crippen molar-refractivity contribution in [1.29, 1.82) is 0 Å². The molecule has 0 unspecified atom stereocenters. The summed E-state index contributed by atoms with van der Waals surface area (Å²) in [7, 11) is 0. The zero-order chi connectivity index (χ0) is 56.0. The van der Waals surface area contributed by atoms with Gasteiger partial charge in [0.1, 0.15) is 10.5 Å². The van der Waals surface area contributed by atoms with E-state index in [9.17, 15) is 0 Å². The molecule has 12 nitrogen and oxygen atoms in total. The van der Waals surface area contributed by atoms with Gasteiger partial charge in [-0.3, -0.25) is 19.6 Å². The van der Waals surface area contributed by atoms with Crippen molar-refractivity contribution in [3.8, 4) is 0 Å². The van der Waals surface area contributed by atoms with E-state index < -0.39 is 0 Å². The second kappa shape index (κ2) is 40.3. The van der Waals surface area contributed by atoms with E-state index >= 15 is 0 Å². The Morgan fingerprint density at radius 1 is 0.480 bits per heavy atom. The van der Waals surface area contributed by atoms with Crippen molar-refractivity contribution in [2.45, 2.75) is 178 Å². The van der Waals surface area contributed by atoms with Crippen molar-refractivity contribution >= 4 is 34.0 Å². The number of hydrogen-bond donors (Lipinski definition) is 0. The molecule has 408 valence electrons. The van der Waals surface area contributed by atoms with Gasteiger partial charge in [0.2, 0.25) is 12.3 Å². The third kappa shape index (κ3) is 32.1. The molecule has 0 N–H and O–H groups in total. The van der Waals surface area contributed by atoms with Crippen LogP contribution in [-0.2, 0) is 0 Å². The van der Waals surface area contributed by atoms with Crippen LogP contribution >= 0.6 is 34.0 Å². The highest BCUT2D eigenvalue weighted by atomic mass is 32.1.